The van der Waals surface area contributed by atoms with Gasteiger partial charge in [0.2, 0.25) is 0 Å². The summed E-state index contributed by atoms with van der Waals surface area (Å²) in [5, 5.41) is 0. The molecule has 0 radical (unpaired) electrons. The normalized spacial score (nSPS) is 18.9. The lowest BCUT2D eigenvalue weighted by Crippen LogP contribution is -2.23. The van der Waals surface area contributed by atoms with E-state index in [0.717, 1.165) is 32.1 Å². The first-order chi connectivity index (χ1) is 27.1. The van der Waals surface area contributed by atoms with Crippen LogP contribution in [-0.2, 0) is 6.42 Å². The Hall–Kier alpha value is -4.88. The highest BCUT2D eigenvalue weighted by atomic mass is 15.1. The van der Waals surface area contributed by atoms with Gasteiger partial charge in [0.1, 0.15) is 0 Å². The molecule has 0 N–H and O–H groups in total. The fraction of sp³-hybridized carbons (Fsp3) is 0.345. The molecular weight excluding hydrogens is 675 g/mol. The highest BCUT2D eigenvalue weighted by Gasteiger charge is 2.29. The van der Waals surface area contributed by atoms with Crippen LogP contribution in [0.3, 0.4) is 0 Å². The smallest absolute Gasteiger partial charge is 0.0511 e. The Morgan fingerprint density at radius 2 is 1.39 bits per heavy atom. The van der Waals surface area contributed by atoms with E-state index in [0.29, 0.717) is 23.7 Å². The first kappa shape index (κ1) is 38.0. The summed E-state index contributed by atoms with van der Waals surface area (Å²) in [6.07, 6.45) is 9.35. The van der Waals surface area contributed by atoms with Gasteiger partial charge in [-0.25, -0.2) is 0 Å². The van der Waals surface area contributed by atoms with Crippen molar-refractivity contribution in [3.63, 3.8) is 0 Å². The number of rotatable bonds is 10. The minimum absolute atomic E-state index is 0.271. The third-order valence-corrected chi connectivity index (χ3v) is 13.6. The molecule has 1 heteroatoms. The maximum atomic E-state index is 2.54. The molecule has 5 aromatic rings. The maximum Gasteiger partial charge on any atom is 0.0511 e. The topological polar surface area (TPSA) is 3.24 Å². The zero-order valence-electron chi connectivity index (χ0n) is 35.1. The Kier molecular flexibility index (Phi) is 10.8. The minimum atomic E-state index is 0.271. The van der Waals surface area contributed by atoms with Gasteiger partial charge in [0, 0.05) is 18.7 Å². The predicted octanol–water partition coefficient (Wildman–Crippen LogP) is 15.4. The quantitative estimate of drug-likeness (QED) is 0.138. The average Bonchev–Trinajstić information content (AvgIpc) is 3.22. The van der Waals surface area contributed by atoms with Crippen LogP contribution in [0.5, 0.6) is 0 Å². The molecule has 8 rings (SSSR count). The van der Waals surface area contributed by atoms with E-state index in [9.17, 15) is 0 Å². The molecule has 3 aliphatic rings. The molecule has 4 atom stereocenters. The fourth-order valence-corrected chi connectivity index (χ4v) is 10.1. The van der Waals surface area contributed by atoms with E-state index in [1.807, 2.05) is 0 Å². The molecule has 0 aromatic heterocycles. The van der Waals surface area contributed by atoms with Crippen LogP contribution in [0.15, 0.2) is 132 Å². The Labute approximate surface area is 337 Å². The van der Waals surface area contributed by atoms with Crippen molar-refractivity contribution in [1.29, 1.82) is 0 Å². The summed E-state index contributed by atoms with van der Waals surface area (Å²) in [7, 11) is 2.24. The summed E-state index contributed by atoms with van der Waals surface area (Å²) in [6.45, 7) is 16.5. The number of anilines is 1. The minimum Gasteiger partial charge on any atom is -0.368 e. The molecule has 5 aromatic carbocycles. The maximum absolute atomic E-state index is 2.54. The van der Waals surface area contributed by atoms with Crippen molar-refractivity contribution in [2.75, 3.05) is 11.9 Å². The standard InChI is InChI=1S/C55H61N/c1-9-36(4)49-15-12-13-17-54(49)56(8)39(7)40-18-20-41(21-19-40)45-28-29-48-37(5)31-47-27-26-44(33-51(47)52(48)34-45)42-22-24-43(25-23-42)55-38(6)32-46-14-10-11-16-50(46)53(55)30-35(2)3/h10-25,28-29,33-37,39,53H,9,26-27,30-32H2,1-8H3. The lowest BCUT2D eigenvalue weighted by molar-refractivity contribution is 0.550. The van der Waals surface area contributed by atoms with Gasteiger partial charge < -0.3 is 4.90 Å². The number of fused-ring (bicyclic) bond motifs is 3. The van der Waals surface area contributed by atoms with Crippen LogP contribution in [0.25, 0.3) is 27.8 Å². The van der Waals surface area contributed by atoms with Crippen molar-refractivity contribution in [2.24, 2.45) is 5.92 Å². The van der Waals surface area contributed by atoms with Crippen molar-refractivity contribution in [1.82, 2.24) is 0 Å². The number of benzene rings is 5. The Morgan fingerprint density at radius 3 is 2.14 bits per heavy atom. The second kappa shape index (κ2) is 15.9. The first-order valence-corrected chi connectivity index (χ1v) is 21.5. The average molecular weight is 736 g/mol. The Morgan fingerprint density at radius 1 is 0.714 bits per heavy atom. The summed E-state index contributed by atoms with van der Waals surface area (Å²) in [6, 6.07) is 44.6. The fourth-order valence-electron chi connectivity index (χ4n) is 10.1. The highest BCUT2D eigenvalue weighted by Crippen LogP contribution is 2.48. The van der Waals surface area contributed by atoms with Gasteiger partial charge in [0.05, 0.1) is 6.04 Å². The summed E-state index contributed by atoms with van der Waals surface area (Å²) in [5.41, 5.74) is 23.1. The van der Waals surface area contributed by atoms with Gasteiger partial charge in [0.25, 0.3) is 0 Å². The summed E-state index contributed by atoms with van der Waals surface area (Å²) in [5.74, 6) is 2.18. The van der Waals surface area contributed by atoms with E-state index in [-0.39, 0.29) is 6.04 Å². The van der Waals surface area contributed by atoms with Crippen molar-refractivity contribution in [3.05, 3.63) is 177 Å². The third kappa shape index (κ3) is 7.27. The predicted molar refractivity (Wildman–Crippen MR) is 242 cm³/mol. The van der Waals surface area contributed by atoms with Crippen LogP contribution < -0.4 is 4.90 Å². The number of hydrogen-bond donors (Lipinski definition) is 0. The van der Waals surface area contributed by atoms with E-state index in [2.05, 4.69) is 182 Å². The van der Waals surface area contributed by atoms with Gasteiger partial charge in [-0.1, -0.05) is 155 Å². The van der Waals surface area contributed by atoms with Crippen molar-refractivity contribution < 1.29 is 0 Å². The largest absolute Gasteiger partial charge is 0.368 e. The van der Waals surface area contributed by atoms with Crippen LogP contribution >= 0.6 is 0 Å². The molecule has 0 amide bonds. The molecule has 3 aliphatic carbocycles. The molecule has 56 heavy (non-hydrogen) atoms. The van der Waals surface area contributed by atoms with Crippen molar-refractivity contribution in [2.45, 2.75) is 111 Å². The molecule has 0 heterocycles. The summed E-state index contributed by atoms with van der Waals surface area (Å²) >= 11 is 0. The lowest BCUT2D eigenvalue weighted by atomic mass is 9.72. The second-order valence-corrected chi connectivity index (χ2v) is 17.7. The highest BCUT2D eigenvalue weighted by molar-refractivity contribution is 5.91. The molecule has 0 bridgehead atoms. The van der Waals surface area contributed by atoms with Gasteiger partial charge >= 0.3 is 0 Å². The summed E-state index contributed by atoms with van der Waals surface area (Å²) in [4.78, 5) is 2.45. The number of allylic oxidation sites excluding steroid dienone is 6. The van der Waals surface area contributed by atoms with Crippen molar-refractivity contribution in [3.8, 4) is 11.1 Å². The van der Waals surface area contributed by atoms with E-state index < -0.39 is 0 Å². The molecule has 0 aliphatic heterocycles. The lowest BCUT2D eigenvalue weighted by Gasteiger charge is -2.32. The van der Waals surface area contributed by atoms with Crippen LogP contribution in [0, 0.1) is 5.92 Å². The zero-order chi connectivity index (χ0) is 39.1. The van der Waals surface area contributed by atoms with Crippen molar-refractivity contribution >= 4 is 22.4 Å². The van der Waals surface area contributed by atoms with Gasteiger partial charge in [-0.05, 0) is 155 Å². The molecule has 1 nitrogen and oxygen atoms in total. The number of nitrogens with zero attached hydrogens (tertiary/aromatic N) is 1. The van der Waals surface area contributed by atoms with Gasteiger partial charge in [0.15, 0.2) is 0 Å². The molecule has 0 saturated carbocycles. The number of para-hydroxylation sites is 1. The van der Waals surface area contributed by atoms with Crippen LogP contribution in [0.1, 0.15) is 149 Å². The SMILES string of the molecule is CCC(C)c1ccccc1N(C)C(C)c1ccc(-c2ccc3c(c2)C2=C(CCC(c4ccc(C5=C(C)Cc6ccccc6C5CC(C)C)cc4)=C2)CC3C)cc1. The monoisotopic (exact) mass is 735 g/mol. The molecule has 0 fully saturated rings. The summed E-state index contributed by atoms with van der Waals surface area (Å²) < 4.78 is 0. The van der Waals surface area contributed by atoms with Crippen LogP contribution in [0.4, 0.5) is 5.69 Å². The molecule has 0 spiro atoms. The zero-order valence-corrected chi connectivity index (χ0v) is 35.1. The van der Waals surface area contributed by atoms with Gasteiger partial charge in [-0.2, -0.15) is 0 Å². The molecular formula is C55H61N. The van der Waals surface area contributed by atoms with E-state index >= 15 is 0 Å². The van der Waals surface area contributed by atoms with E-state index in [4.69, 9.17) is 0 Å². The Bertz CT molecular complexity index is 2310. The molecule has 4 unspecified atom stereocenters. The first-order valence-electron chi connectivity index (χ1n) is 21.5. The number of hydrogen-bond acceptors (Lipinski definition) is 1. The second-order valence-electron chi connectivity index (χ2n) is 17.7. The Balaban J connectivity index is 1.05. The van der Waals surface area contributed by atoms with Gasteiger partial charge in [-0.15, -0.1) is 0 Å². The molecule has 0 saturated heterocycles. The van der Waals surface area contributed by atoms with E-state index in [1.54, 1.807) is 11.1 Å². The van der Waals surface area contributed by atoms with Gasteiger partial charge in [-0.3, -0.25) is 0 Å². The molecule has 286 valence electrons. The van der Waals surface area contributed by atoms with Crippen LogP contribution in [0.2, 0.25) is 0 Å². The van der Waals surface area contributed by atoms with Crippen LogP contribution in [-0.4, -0.2) is 7.05 Å². The third-order valence-electron chi connectivity index (χ3n) is 13.6. The van der Waals surface area contributed by atoms with E-state index in [1.165, 1.54) is 84.5 Å².